The van der Waals surface area contributed by atoms with Gasteiger partial charge >= 0.3 is 0 Å². The van der Waals surface area contributed by atoms with Gasteiger partial charge in [-0.3, -0.25) is 0 Å². The van der Waals surface area contributed by atoms with Crippen molar-refractivity contribution in [1.29, 1.82) is 0 Å². The Morgan fingerprint density at radius 3 is 2.82 bits per heavy atom. The maximum absolute atomic E-state index is 2.34. The van der Waals surface area contributed by atoms with E-state index in [0.29, 0.717) is 0 Å². The Bertz CT molecular complexity index is 142. The molecule has 0 spiro atoms. The van der Waals surface area contributed by atoms with Gasteiger partial charge in [0.05, 0.1) is 0 Å². The highest BCUT2D eigenvalue weighted by Gasteiger charge is 2.03. The molecule has 1 rings (SSSR count). The Kier molecular flexibility index (Phi) is 4.03. The lowest BCUT2D eigenvalue weighted by molar-refractivity contribution is 0.542. The second-order valence-electron chi connectivity index (χ2n) is 3.30. The molecule has 0 bridgehead atoms. The molecular formula is C11H18. The van der Waals surface area contributed by atoms with Crippen molar-refractivity contribution in [3.8, 4) is 0 Å². The van der Waals surface area contributed by atoms with E-state index in [1.165, 1.54) is 32.1 Å². The fraction of sp³-hybridized carbons (Fsp3) is 0.636. The molecular weight excluding hydrogens is 132 g/mol. The van der Waals surface area contributed by atoms with E-state index in [1.54, 1.807) is 0 Å². The molecule has 0 aromatic carbocycles. The highest BCUT2D eigenvalue weighted by Crippen LogP contribution is 2.18. The predicted octanol–water partition coefficient (Wildman–Crippen LogP) is 3.70. The van der Waals surface area contributed by atoms with Crippen molar-refractivity contribution in [3.63, 3.8) is 0 Å². The van der Waals surface area contributed by atoms with Crippen molar-refractivity contribution in [2.24, 2.45) is 5.92 Å². The summed E-state index contributed by atoms with van der Waals surface area (Å²) in [5, 5.41) is 0. The second kappa shape index (κ2) is 5.17. The molecule has 1 aliphatic carbocycles. The van der Waals surface area contributed by atoms with Gasteiger partial charge in [0.1, 0.15) is 0 Å². The summed E-state index contributed by atoms with van der Waals surface area (Å²) in [7, 11) is 0. The van der Waals surface area contributed by atoms with Crippen molar-refractivity contribution in [2.75, 3.05) is 0 Å². The minimum absolute atomic E-state index is 0.839. The summed E-state index contributed by atoms with van der Waals surface area (Å²) in [5.74, 6) is 0.839. The SMILES string of the molecule is CCCCCC1C=CC=CC1. The topological polar surface area (TPSA) is 0 Å². The number of hydrogen-bond donors (Lipinski definition) is 0. The molecule has 0 nitrogen and oxygen atoms in total. The average Bonchev–Trinajstić information content (AvgIpc) is 2.07. The summed E-state index contributed by atoms with van der Waals surface area (Å²) < 4.78 is 0. The Morgan fingerprint density at radius 2 is 2.18 bits per heavy atom. The lowest BCUT2D eigenvalue weighted by Crippen LogP contribution is -1.96. The molecule has 0 aromatic heterocycles. The highest BCUT2D eigenvalue weighted by atomic mass is 14.1. The minimum atomic E-state index is 0.839. The fourth-order valence-electron chi connectivity index (χ4n) is 1.50. The molecule has 0 heterocycles. The van der Waals surface area contributed by atoms with Gasteiger partial charge in [0.15, 0.2) is 0 Å². The van der Waals surface area contributed by atoms with Crippen LogP contribution >= 0.6 is 0 Å². The van der Waals surface area contributed by atoms with Gasteiger partial charge in [-0.25, -0.2) is 0 Å². The van der Waals surface area contributed by atoms with Crippen LogP contribution in [0.1, 0.15) is 39.0 Å². The van der Waals surface area contributed by atoms with Crippen LogP contribution in [0.4, 0.5) is 0 Å². The van der Waals surface area contributed by atoms with E-state index in [1.807, 2.05) is 0 Å². The zero-order valence-corrected chi connectivity index (χ0v) is 7.42. The first-order valence-electron chi connectivity index (χ1n) is 4.77. The van der Waals surface area contributed by atoms with Crippen LogP contribution in [-0.4, -0.2) is 0 Å². The third-order valence-corrected chi connectivity index (χ3v) is 2.25. The predicted molar refractivity (Wildman–Crippen MR) is 50.5 cm³/mol. The van der Waals surface area contributed by atoms with Gasteiger partial charge < -0.3 is 0 Å². The summed E-state index contributed by atoms with van der Waals surface area (Å²) in [6.07, 6.45) is 15.7. The lowest BCUT2D eigenvalue weighted by Gasteiger charge is -2.11. The molecule has 0 saturated carbocycles. The van der Waals surface area contributed by atoms with Crippen molar-refractivity contribution in [2.45, 2.75) is 39.0 Å². The van der Waals surface area contributed by atoms with Crippen molar-refractivity contribution in [3.05, 3.63) is 24.3 Å². The largest absolute Gasteiger partial charge is 0.0840 e. The van der Waals surface area contributed by atoms with Crippen LogP contribution in [0, 0.1) is 5.92 Å². The zero-order chi connectivity index (χ0) is 7.94. The standard InChI is InChI=1S/C11H18/c1-2-3-5-8-11-9-6-4-7-10-11/h4,6-7,9,11H,2-3,5,8,10H2,1H3. The first kappa shape index (κ1) is 8.58. The third-order valence-electron chi connectivity index (χ3n) is 2.25. The molecule has 11 heavy (non-hydrogen) atoms. The quantitative estimate of drug-likeness (QED) is 0.536. The summed E-state index contributed by atoms with van der Waals surface area (Å²) in [6.45, 7) is 2.26. The van der Waals surface area contributed by atoms with Gasteiger partial charge in [-0.2, -0.15) is 0 Å². The molecule has 0 heteroatoms. The van der Waals surface area contributed by atoms with Crippen LogP contribution in [0.15, 0.2) is 24.3 Å². The van der Waals surface area contributed by atoms with E-state index in [9.17, 15) is 0 Å². The molecule has 0 saturated heterocycles. The first-order chi connectivity index (χ1) is 5.43. The number of hydrogen-bond acceptors (Lipinski definition) is 0. The van der Waals surface area contributed by atoms with E-state index in [0.717, 1.165) is 5.92 Å². The van der Waals surface area contributed by atoms with Crippen LogP contribution in [0.5, 0.6) is 0 Å². The Labute approximate surface area is 70.0 Å². The van der Waals surface area contributed by atoms with Crippen molar-refractivity contribution in [1.82, 2.24) is 0 Å². The average molecular weight is 150 g/mol. The molecule has 62 valence electrons. The maximum atomic E-state index is 2.34. The van der Waals surface area contributed by atoms with Crippen LogP contribution in [0.2, 0.25) is 0 Å². The molecule has 1 aliphatic rings. The highest BCUT2D eigenvalue weighted by molar-refractivity contribution is 5.10. The second-order valence-corrected chi connectivity index (χ2v) is 3.30. The molecule has 0 aromatic rings. The molecule has 0 aliphatic heterocycles. The Morgan fingerprint density at radius 1 is 1.27 bits per heavy atom. The third kappa shape index (κ3) is 3.41. The molecule has 0 N–H and O–H groups in total. The van der Waals surface area contributed by atoms with Gasteiger partial charge in [-0.15, -0.1) is 0 Å². The zero-order valence-electron chi connectivity index (χ0n) is 7.42. The number of allylic oxidation sites excluding steroid dienone is 4. The van der Waals surface area contributed by atoms with Crippen LogP contribution in [-0.2, 0) is 0 Å². The summed E-state index contributed by atoms with van der Waals surface area (Å²) in [4.78, 5) is 0. The molecule has 0 fully saturated rings. The summed E-state index contributed by atoms with van der Waals surface area (Å²) in [6, 6.07) is 0. The Balaban J connectivity index is 2.07. The summed E-state index contributed by atoms with van der Waals surface area (Å²) >= 11 is 0. The van der Waals surface area contributed by atoms with Gasteiger partial charge in [0, 0.05) is 0 Å². The van der Waals surface area contributed by atoms with E-state index in [2.05, 4.69) is 31.2 Å². The van der Waals surface area contributed by atoms with Gasteiger partial charge in [0.25, 0.3) is 0 Å². The van der Waals surface area contributed by atoms with Crippen molar-refractivity contribution < 1.29 is 0 Å². The molecule has 0 amide bonds. The maximum Gasteiger partial charge on any atom is -0.0196 e. The van der Waals surface area contributed by atoms with E-state index in [-0.39, 0.29) is 0 Å². The summed E-state index contributed by atoms with van der Waals surface area (Å²) in [5.41, 5.74) is 0. The smallest absolute Gasteiger partial charge is 0.0196 e. The first-order valence-corrected chi connectivity index (χ1v) is 4.77. The lowest BCUT2D eigenvalue weighted by atomic mass is 9.95. The Hall–Kier alpha value is -0.520. The van der Waals surface area contributed by atoms with Gasteiger partial charge in [0.2, 0.25) is 0 Å². The monoisotopic (exact) mass is 150 g/mol. The van der Waals surface area contributed by atoms with Gasteiger partial charge in [-0.1, -0.05) is 50.5 Å². The number of unbranched alkanes of at least 4 members (excludes halogenated alkanes) is 2. The van der Waals surface area contributed by atoms with Crippen LogP contribution in [0.25, 0.3) is 0 Å². The van der Waals surface area contributed by atoms with E-state index in [4.69, 9.17) is 0 Å². The molecule has 1 atom stereocenters. The number of rotatable bonds is 4. The van der Waals surface area contributed by atoms with E-state index >= 15 is 0 Å². The van der Waals surface area contributed by atoms with E-state index < -0.39 is 0 Å². The minimum Gasteiger partial charge on any atom is -0.0840 e. The van der Waals surface area contributed by atoms with Crippen LogP contribution in [0.3, 0.4) is 0 Å². The van der Waals surface area contributed by atoms with Crippen molar-refractivity contribution >= 4 is 0 Å². The van der Waals surface area contributed by atoms with Crippen LogP contribution < -0.4 is 0 Å². The fourth-order valence-corrected chi connectivity index (χ4v) is 1.50. The molecule has 0 radical (unpaired) electrons. The van der Waals surface area contributed by atoms with Gasteiger partial charge in [-0.05, 0) is 18.8 Å². The molecule has 1 unspecified atom stereocenters. The normalized spacial score (nSPS) is 22.5.